The number of Topliss-reactive ketones (excluding diaryl/α,β-unsaturated/α-hetero) is 1. The number of imidazole rings is 1. The van der Waals surface area contributed by atoms with E-state index in [1.165, 1.54) is 0 Å². The number of aromatic nitrogens is 2. The molecule has 0 spiro atoms. The van der Waals surface area contributed by atoms with Crippen molar-refractivity contribution in [2.45, 2.75) is 39.7 Å². The van der Waals surface area contributed by atoms with Gasteiger partial charge in [0, 0.05) is 7.05 Å². The van der Waals surface area contributed by atoms with Crippen molar-refractivity contribution in [2.24, 2.45) is 7.05 Å². The molecule has 0 saturated carbocycles. The predicted octanol–water partition coefficient (Wildman–Crippen LogP) is 2.81. The third kappa shape index (κ3) is 2.86. The van der Waals surface area contributed by atoms with E-state index in [0.29, 0.717) is 6.42 Å². The average Bonchev–Trinajstić information content (AvgIpc) is 2.77. The molecule has 2 aromatic rings. The minimum atomic E-state index is -0.457. The molecule has 0 aliphatic rings. The van der Waals surface area contributed by atoms with Gasteiger partial charge < -0.3 is 4.57 Å². The Bertz CT molecular complexity index is 639. The molecule has 0 atom stereocenters. The molecule has 0 amide bonds. The molecule has 0 bridgehead atoms. The molecule has 0 aliphatic carbocycles. The van der Waals surface area contributed by atoms with Crippen molar-refractivity contribution in [1.29, 1.82) is 0 Å². The normalized spacial score (nSPS) is 12.3. The molecule has 4 heteroatoms. The van der Waals surface area contributed by atoms with Gasteiger partial charge in [-0.05, 0) is 39.1 Å². The molecule has 0 saturated heterocycles. The molecule has 2 rings (SSSR count). The average molecular weight is 287 g/mol. The Balaban J connectivity index is 2.27. The predicted molar refractivity (Wildman–Crippen MR) is 86.4 cm³/mol. The smallest absolute Gasteiger partial charge is 0.160 e. The zero-order valence-electron chi connectivity index (χ0n) is 13.7. The molecule has 21 heavy (non-hydrogen) atoms. The summed E-state index contributed by atoms with van der Waals surface area (Å²) >= 11 is 0. The number of benzene rings is 1. The summed E-state index contributed by atoms with van der Waals surface area (Å²) in [6, 6.07) is 7.99. The molecule has 1 aromatic heterocycles. The highest BCUT2D eigenvalue weighted by atomic mass is 16.1. The lowest BCUT2D eigenvalue weighted by atomic mass is 9.94. The first-order valence-electron chi connectivity index (χ1n) is 7.60. The largest absolute Gasteiger partial charge is 0.331 e. The summed E-state index contributed by atoms with van der Waals surface area (Å²) in [5, 5.41) is 0. The third-order valence-electron chi connectivity index (χ3n) is 4.43. The van der Waals surface area contributed by atoms with E-state index in [-0.39, 0.29) is 5.78 Å². The van der Waals surface area contributed by atoms with Gasteiger partial charge in [-0.25, -0.2) is 4.98 Å². The fraction of sp³-hybridized carbons (Fsp3) is 0.529. The second-order valence-corrected chi connectivity index (χ2v) is 5.91. The molecular formula is C17H25N3O. The van der Waals surface area contributed by atoms with Crippen LogP contribution in [0.15, 0.2) is 24.3 Å². The summed E-state index contributed by atoms with van der Waals surface area (Å²) < 4.78 is 2.02. The summed E-state index contributed by atoms with van der Waals surface area (Å²) in [6.45, 7) is 9.94. The van der Waals surface area contributed by atoms with Crippen LogP contribution >= 0.6 is 0 Å². The van der Waals surface area contributed by atoms with Crippen LogP contribution in [-0.2, 0) is 18.3 Å². The van der Waals surface area contributed by atoms with Gasteiger partial charge in [0.1, 0.15) is 5.82 Å². The van der Waals surface area contributed by atoms with Crippen molar-refractivity contribution >= 4 is 16.8 Å². The van der Waals surface area contributed by atoms with E-state index < -0.39 is 5.54 Å². The Kier molecular flexibility index (Phi) is 4.47. The molecular weight excluding hydrogens is 262 g/mol. The minimum absolute atomic E-state index is 0.213. The Morgan fingerprint density at radius 1 is 1.24 bits per heavy atom. The number of hydrogen-bond donors (Lipinski definition) is 0. The minimum Gasteiger partial charge on any atom is -0.331 e. The lowest BCUT2D eigenvalue weighted by Gasteiger charge is -2.35. The maximum Gasteiger partial charge on any atom is 0.160 e. The number of aryl methyl sites for hydroxylation is 1. The van der Waals surface area contributed by atoms with Gasteiger partial charge in [-0.15, -0.1) is 0 Å². The van der Waals surface area contributed by atoms with Gasteiger partial charge in [0.2, 0.25) is 0 Å². The molecule has 0 unspecified atom stereocenters. The van der Waals surface area contributed by atoms with Crippen molar-refractivity contribution in [3.63, 3.8) is 0 Å². The topological polar surface area (TPSA) is 38.1 Å². The summed E-state index contributed by atoms with van der Waals surface area (Å²) in [7, 11) is 1.97. The lowest BCUT2D eigenvalue weighted by Crippen LogP contribution is -2.50. The van der Waals surface area contributed by atoms with Gasteiger partial charge in [0.25, 0.3) is 0 Å². The highest BCUT2D eigenvalue weighted by Crippen LogP contribution is 2.20. The van der Waals surface area contributed by atoms with Crippen LogP contribution < -0.4 is 0 Å². The van der Waals surface area contributed by atoms with Gasteiger partial charge >= 0.3 is 0 Å². The van der Waals surface area contributed by atoms with Gasteiger partial charge in [-0.2, -0.15) is 0 Å². The van der Waals surface area contributed by atoms with Crippen molar-refractivity contribution in [3.8, 4) is 0 Å². The summed E-state index contributed by atoms with van der Waals surface area (Å²) in [5.41, 5.74) is 1.56. The van der Waals surface area contributed by atoms with E-state index in [2.05, 4.69) is 23.7 Å². The highest BCUT2D eigenvalue weighted by Gasteiger charge is 2.33. The second kappa shape index (κ2) is 5.98. The number of fused-ring (bicyclic) bond motifs is 1. The van der Waals surface area contributed by atoms with Crippen molar-refractivity contribution < 1.29 is 4.79 Å². The standard InChI is InChI=1S/C17H25N3O/c1-6-20(7-2)17(3,4)15(21)12-16-18-13-10-8-9-11-14(13)19(16)5/h8-11H,6-7,12H2,1-5H3. The highest BCUT2D eigenvalue weighted by molar-refractivity contribution is 5.89. The fourth-order valence-electron chi connectivity index (χ4n) is 2.90. The van der Waals surface area contributed by atoms with E-state index in [0.717, 1.165) is 29.9 Å². The van der Waals surface area contributed by atoms with Crippen LogP contribution in [0.1, 0.15) is 33.5 Å². The Labute approximate surface area is 126 Å². The zero-order valence-corrected chi connectivity index (χ0v) is 13.7. The number of likely N-dealkylation sites (N-methyl/N-ethyl adjacent to an activating group) is 1. The van der Waals surface area contributed by atoms with E-state index in [1.54, 1.807) is 0 Å². The summed E-state index contributed by atoms with van der Waals surface area (Å²) in [6.07, 6.45) is 0.370. The number of hydrogen-bond acceptors (Lipinski definition) is 3. The molecule has 4 nitrogen and oxygen atoms in total. The molecule has 0 fully saturated rings. The fourth-order valence-corrected chi connectivity index (χ4v) is 2.90. The van der Waals surface area contributed by atoms with E-state index in [4.69, 9.17) is 0 Å². The second-order valence-electron chi connectivity index (χ2n) is 5.91. The molecule has 114 valence electrons. The van der Waals surface area contributed by atoms with Crippen LogP contribution in [0.25, 0.3) is 11.0 Å². The monoisotopic (exact) mass is 287 g/mol. The maximum absolute atomic E-state index is 12.7. The lowest BCUT2D eigenvalue weighted by molar-refractivity contribution is -0.128. The van der Waals surface area contributed by atoms with Gasteiger partial charge in [0.15, 0.2) is 5.78 Å². The number of nitrogens with zero attached hydrogens (tertiary/aromatic N) is 3. The van der Waals surface area contributed by atoms with Crippen molar-refractivity contribution in [1.82, 2.24) is 14.5 Å². The maximum atomic E-state index is 12.7. The van der Waals surface area contributed by atoms with Crippen molar-refractivity contribution in [2.75, 3.05) is 13.1 Å². The van der Waals surface area contributed by atoms with E-state index >= 15 is 0 Å². The molecule has 0 aliphatic heterocycles. The SMILES string of the molecule is CCN(CC)C(C)(C)C(=O)Cc1nc2ccccc2n1C. The van der Waals surface area contributed by atoms with Crippen LogP contribution in [0.2, 0.25) is 0 Å². The number of para-hydroxylation sites is 2. The Hall–Kier alpha value is -1.68. The van der Waals surface area contributed by atoms with Crippen LogP contribution in [0.3, 0.4) is 0 Å². The van der Waals surface area contributed by atoms with Crippen LogP contribution in [0, 0.1) is 0 Å². The first-order chi connectivity index (χ1) is 9.91. The third-order valence-corrected chi connectivity index (χ3v) is 4.43. The first kappa shape index (κ1) is 15.7. The van der Waals surface area contributed by atoms with E-state index in [1.807, 2.05) is 49.7 Å². The first-order valence-corrected chi connectivity index (χ1v) is 7.60. The van der Waals surface area contributed by atoms with Crippen LogP contribution in [0.4, 0.5) is 0 Å². The number of carbonyl (C=O) groups excluding carboxylic acids is 1. The van der Waals surface area contributed by atoms with E-state index in [9.17, 15) is 4.79 Å². The molecule has 1 aromatic carbocycles. The van der Waals surface area contributed by atoms with Crippen molar-refractivity contribution in [3.05, 3.63) is 30.1 Å². The number of ketones is 1. The Morgan fingerprint density at radius 3 is 2.43 bits per heavy atom. The molecule has 0 radical (unpaired) electrons. The number of rotatable bonds is 6. The molecule has 1 heterocycles. The zero-order chi connectivity index (χ0) is 15.6. The summed E-state index contributed by atoms with van der Waals surface area (Å²) in [4.78, 5) is 19.5. The molecule has 0 N–H and O–H groups in total. The number of carbonyl (C=O) groups is 1. The van der Waals surface area contributed by atoms with Crippen LogP contribution in [0.5, 0.6) is 0 Å². The van der Waals surface area contributed by atoms with Gasteiger partial charge in [-0.1, -0.05) is 26.0 Å². The van der Waals surface area contributed by atoms with Gasteiger partial charge in [0.05, 0.1) is 23.0 Å². The van der Waals surface area contributed by atoms with Gasteiger partial charge in [-0.3, -0.25) is 9.69 Å². The quantitative estimate of drug-likeness (QED) is 0.820. The summed E-state index contributed by atoms with van der Waals surface area (Å²) in [5.74, 6) is 1.05. The van der Waals surface area contributed by atoms with Crippen LogP contribution in [-0.4, -0.2) is 38.9 Å². The Morgan fingerprint density at radius 2 is 1.86 bits per heavy atom.